The molecule has 0 aliphatic carbocycles. The van der Waals surface area contributed by atoms with E-state index in [1.165, 1.54) is 36.4 Å². The Morgan fingerprint density at radius 1 is 0.717 bits per heavy atom. The Labute approximate surface area is 348 Å². The summed E-state index contributed by atoms with van der Waals surface area (Å²) < 4.78 is 14.0. The average molecular weight is 821 g/mol. The molecule has 4 aromatic rings. The zero-order chi connectivity index (χ0) is 43.8. The predicted octanol–water partition coefficient (Wildman–Crippen LogP) is 3.26. The van der Waals surface area contributed by atoms with Crippen LogP contribution in [-0.2, 0) is 41.6 Å². The molecule has 4 atom stereocenters. The molecule has 0 spiro atoms. The van der Waals surface area contributed by atoms with Gasteiger partial charge in [-0.25, -0.2) is 4.39 Å². The molecule has 0 aromatic heterocycles. The standard InChI is InChI=1S/C45H53FN8O6/c1-28(2)24-37(42(58)51-36(41(47)57)14-9-23-50-45(48)49)52-43(59)38(26-32-15-19-33-12-7-8-13-34(33)25-32)53-44(60)39(27-31-16-20-35(46)21-17-31)54(29(3)55)40(56)22-18-30-10-5-4-6-11-30/h4-8,10-13,15-22,25,28,36-39H,9,14,23-24,26-27H2,1-3H3,(H2,47,57)(H,51,58)(H,52,59)(H,53,60)(H4,48,49,50)/b22-18+. The van der Waals surface area contributed by atoms with Crippen LogP contribution in [0.25, 0.3) is 16.8 Å². The van der Waals surface area contributed by atoms with E-state index in [4.69, 9.17) is 17.2 Å². The second kappa shape index (κ2) is 22.3. The average Bonchev–Trinajstić information content (AvgIpc) is 3.20. The van der Waals surface area contributed by atoms with Crippen LogP contribution in [-0.4, -0.2) is 77.0 Å². The number of hydrogen-bond acceptors (Lipinski definition) is 7. The first-order valence-corrected chi connectivity index (χ1v) is 19.7. The Kier molecular flexibility index (Phi) is 17.0. The number of carbonyl (C=O) groups excluding carboxylic acids is 6. The van der Waals surface area contributed by atoms with Gasteiger partial charge in [0.05, 0.1) is 0 Å². The van der Waals surface area contributed by atoms with Gasteiger partial charge in [-0.15, -0.1) is 0 Å². The number of hydrogen-bond donors (Lipinski definition) is 6. The lowest BCUT2D eigenvalue weighted by molar-refractivity contribution is -0.148. The van der Waals surface area contributed by atoms with Crippen LogP contribution >= 0.6 is 0 Å². The number of primary amides is 1. The summed E-state index contributed by atoms with van der Waals surface area (Å²) in [7, 11) is 0. The number of aliphatic imine (C=N–C) groups is 1. The Morgan fingerprint density at radius 2 is 1.32 bits per heavy atom. The Balaban J connectivity index is 1.69. The van der Waals surface area contributed by atoms with Crippen molar-refractivity contribution >= 4 is 58.3 Å². The minimum Gasteiger partial charge on any atom is -0.370 e. The van der Waals surface area contributed by atoms with Crippen molar-refractivity contribution in [3.05, 3.63) is 126 Å². The largest absolute Gasteiger partial charge is 0.370 e. The van der Waals surface area contributed by atoms with E-state index in [1.807, 2.05) is 62.4 Å². The molecular formula is C45H53FN8O6. The number of carbonyl (C=O) groups is 6. The fourth-order valence-electron chi connectivity index (χ4n) is 6.60. The molecule has 0 radical (unpaired) electrons. The number of rotatable bonds is 20. The monoisotopic (exact) mass is 820 g/mol. The lowest BCUT2D eigenvalue weighted by atomic mass is 9.98. The van der Waals surface area contributed by atoms with Gasteiger partial charge in [0.15, 0.2) is 5.96 Å². The van der Waals surface area contributed by atoms with E-state index in [9.17, 15) is 33.2 Å². The van der Waals surface area contributed by atoms with Gasteiger partial charge in [0.2, 0.25) is 29.5 Å². The second-order valence-electron chi connectivity index (χ2n) is 14.9. The van der Waals surface area contributed by atoms with Gasteiger partial charge in [0.25, 0.3) is 5.91 Å². The maximum absolute atomic E-state index is 14.6. The van der Waals surface area contributed by atoms with Crippen LogP contribution in [0, 0.1) is 11.7 Å². The van der Waals surface area contributed by atoms with Crippen LogP contribution < -0.4 is 33.2 Å². The SMILES string of the molecule is CC(=O)N(C(=O)/C=C/c1ccccc1)C(Cc1ccc(F)cc1)C(=O)NC(Cc1ccc2ccccc2c1)C(=O)NC(CC(C)C)C(=O)NC(CCCN=C(N)N)C(N)=O. The van der Waals surface area contributed by atoms with E-state index in [1.54, 1.807) is 24.3 Å². The molecular weight excluding hydrogens is 768 g/mol. The van der Waals surface area contributed by atoms with Crippen molar-refractivity contribution in [3.63, 3.8) is 0 Å². The van der Waals surface area contributed by atoms with Crippen LogP contribution in [0.2, 0.25) is 0 Å². The van der Waals surface area contributed by atoms with E-state index in [-0.39, 0.29) is 44.1 Å². The van der Waals surface area contributed by atoms with Crippen molar-refractivity contribution in [2.24, 2.45) is 28.1 Å². The fraction of sp³-hybridized carbons (Fsp3) is 0.311. The minimum atomic E-state index is -1.49. The zero-order valence-corrected chi connectivity index (χ0v) is 34.0. The molecule has 0 saturated carbocycles. The van der Waals surface area contributed by atoms with Crippen molar-refractivity contribution < 1.29 is 33.2 Å². The third-order valence-corrected chi connectivity index (χ3v) is 9.58. The molecule has 0 heterocycles. The van der Waals surface area contributed by atoms with Crippen LogP contribution in [0.4, 0.5) is 4.39 Å². The van der Waals surface area contributed by atoms with Gasteiger partial charge in [-0.1, -0.05) is 98.8 Å². The lowest BCUT2D eigenvalue weighted by Crippen LogP contribution is -2.59. The van der Waals surface area contributed by atoms with Gasteiger partial charge in [-0.2, -0.15) is 0 Å². The summed E-state index contributed by atoms with van der Waals surface area (Å²) in [5.74, 6) is -5.35. The van der Waals surface area contributed by atoms with Crippen molar-refractivity contribution in [1.82, 2.24) is 20.9 Å². The molecule has 0 aliphatic rings. The highest BCUT2D eigenvalue weighted by Crippen LogP contribution is 2.19. The molecule has 0 aliphatic heterocycles. The van der Waals surface area contributed by atoms with Crippen LogP contribution in [0.3, 0.4) is 0 Å². The molecule has 60 heavy (non-hydrogen) atoms. The molecule has 4 rings (SSSR count). The number of nitrogens with one attached hydrogen (secondary N) is 3. The number of guanidine groups is 1. The van der Waals surface area contributed by atoms with Gasteiger partial charge < -0.3 is 33.2 Å². The third-order valence-electron chi connectivity index (χ3n) is 9.58. The highest BCUT2D eigenvalue weighted by molar-refractivity contribution is 6.06. The van der Waals surface area contributed by atoms with E-state index >= 15 is 0 Å². The lowest BCUT2D eigenvalue weighted by Gasteiger charge is -2.30. The first-order chi connectivity index (χ1) is 28.6. The minimum absolute atomic E-state index is 0.0572. The van der Waals surface area contributed by atoms with Crippen LogP contribution in [0.15, 0.2) is 108 Å². The second-order valence-corrected chi connectivity index (χ2v) is 14.9. The van der Waals surface area contributed by atoms with Crippen LogP contribution in [0.1, 0.15) is 56.7 Å². The molecule has 9 N–H and O–H groups in total. The van der Waals surface area contributed by atoms with Gasteiger partial charge in [0.1, 0.15) is 30.0 Å². The Bertz CT molecular complexity index is 2190. The summed E-state index contributed by atoms with van der Waals surface area (Å²) in [5, 5.41) is 10.0. The maximum Gasteiger partial charge on any atom is 0.253 e. The summed E-state index contributed by atoms with van der Waals surface area (Å²) in [6, 6.07) is 22.2. The van der Waals surface area contributed by atoms with Crippen molar-refractivity contribution in [2.45, 2.75) is 77.0 Å². The highest BCUT2D eigenvalue weighted by Gasteiger charge is 2.36. The normalized spacial score (nSPS) is 13.2. The van der Waals surface area contributed by atoms with Gasteiger partial charge in [-0.05, 0) is 70.9 Å². The summed E-state index contributed by atoms with van der Waals surface area (Å²) in [5.41, 5.74) is 18.2. The van der Waals surface area contributed by atoms with Gasteiger partial charge in [0, 0.05) is 32.4 Å². The third kappa shape index (κ3) is 14.2. The topological polar surface area (TPSA) is 232 Å². The summed E-state index contributed by atoms with van der Waals surface area (Å²) in [4.78, 5) is 86.8. The predicted molar refractivity (Wildman–Crippen MR) is 229 cm³/mol. The maximum atomic E-state index is 14.6. The smallest absolute Gasteiger partial charge is 0.253 e. The zero-order valence-electron chi connectivity index (χ0n) is 34.0. The Hall–Kier alpha value is -6.90. The van der Waals surface area contributed by atoms with Crippen LogP contribution in [0.5, 0.6) is 0 Å². The number of fused-ring (bicyclic) bond motifs is 1. The van der Waals surface area contributed by atoms with Crippen molar-refractivity contribution in [2.75, 3.05) is 6.54 Å². The first kappa shape index (κ1) is 45.8. The van der Waals surface area contributed by atoms with E-state index in [0.717, 1.165) is 22.6 Å². The first-order valence-electron chi connectivity index (χ1n) is 19.7. The molecule has 4 unspecified atom stereocenters. The number of imide groups is 1. The van der Waals surface area contributed by atoms with E-state index in [2.05, 4.69) is 20.9 Å². The van der Waals surface area contributed by atoms with E-state index < -0.39 is 65.4 Å². The quantitative estimate of drug-likeness (QED) is 0.0335. The Morgan fingerprint density at radius 3 is 1.95 bits per heavy atom. The molecule has 4 aromatic carbocycles. The summed E-state index contributed by atoms with van der Waals surface area (Å²) in [6.07, 6.45) is 3.02. The summed E-state index contributed by atoms with van der Waals surface area (Å²) >= 11 is 0. The number of halogens is 1. The molecule has 316 valence electrons. The number of nitrogens with zero attached hydrogens (tertiary/aromatic N) is 2. The van der Waals surface area contributed by atoms with E-state index in [0.29, 0.717) is 23.1 Å². The number of amides is 6. The summed E-state index contributed by atoms with van der Waals surface area (Å²) in [6.45, 7) is 5.04. The highest BCUT2D eigenvalue weighted by atomic mass is 19.1. The van der Waals surface area contributed by atoms with Gasteiger partial charge >= 0.3 is 0 Å². The molecule has 15 heteroatoms. The number of nitrogens with two attached hydrogens (primary N) is 3. The molecule has 0 saturated heterocycles. The number of benzene rings is 4. The van der Waals surface area contributed by atoms with Crippen molar-refractivity contribution in [3.8, 4) is 0 Å². The molecule has 6 amide bonds. The van der Waals surface area contributed by atoms with Crippen molar-refractivity contribution in [1.29, 1.82) is 0 Å². The fourth-order valence-corrected chi connectivity index (χ4v) is 6.60. The molecule has 14 nitrogen and oxygen atoms in total. The molecule has 0 fully saturated rings. The van der Waals surface area contributed by atoms with Gasteiger partial charge in [-0.3, -0.25) is 38.7 Å². The molecule has 0 bridgehead atoms.